The van der Waals surface area contributed by atoms with E-state index >= 15 is 0 Å². The lowest BCUT2D eigenvalue weighted by atomic mass is 9.79. The predicted molar refractivity (Wildman–Crippen MR) is 113 cm³/mol. The fraction of sp³-hybridized carbons (Fsp3) is 0.895. The van der Waals surface area contributed by atoms with Crippen molar-refractivity contribution in [2.24, 2.45) is 16.3 Å². The molecule has 2 aliphatic heterocycles. The maximum Gasteiger partial charge on any atom is 0.220 e. The van der Waals surface area contributed by atoms with Crippen LogP contribution in [0.2, 0.25) is 0 Å². The Hall–Kier alpha value is -0.530. The first-order valence-corrected chi connectivity index (χ1v) is 10.0. The predicted octanol–water partition coefficient (Wildman–Crippen LogP) is 3.14. The summed E-state index contributed by atoms with van der Waals surface area (Å²) in [5.74, 6) is 2.16. The molecular formula is C19H35IN4O. The topological polar surface area (TPSA) is 56.7 Å². The number of rotatable bonds is 4. The largest absolute Gasteiger partial charge is 0.357 e. The lowest BCUT2D eigenvalue weighted by molar-refractivity contribution is -0.119. The molecule has 0 radical (unpaired) electrons. The standard InChI is InChI=1S/C19H34N4O.HI/c1-2-20-18(21-11-9-16-7-4-3-5-8-16)23-12-6-10-19(15-23)13-17(24)22-14-19;/h16H,2-15H2,1H3,(H,20,21)(H,22,24);1H. The average Bonchev–Trinajstić information content (AvgIpc) is 2.95. The fourth-order valence-electron chi connectivity index (χ4n) is 4.68. The van der Waals surface area contributed by atoms with Gasteiger partial charge in [-0.05, 0) is 32.1 Å². The summed E-state index contributed by atoms with van der Waals surface area (Å²) >= 11 is 0. The van der Waals surface area contributed by atoms with Crippen LogP contribution in [0, 0.1) is 11.3 Å². The zero-order chi connectivity index (χ0) is 16.8. The van der Waals surface area contributed by atoms with E-state index in [1.54, 1.807) is 0 Å². The Morgan fingerprint density at radius 3 is 2.80 bits per heavy atom. The van der Waals surface area contributed by atoms with Crippen molar-refractivity contribution in [3.8, 4) is 0 Å². The van der Waals surface area contributed by atoms with Gasteiger partial charge in [0.2, 0.25) is 5.91 Å². The van der Waals surface area contributed by atoms with Crippen LogP contribution in [0.4, 0.5) is 0 Å². The molecule has 6 heteroatoms. The molecule has 1 spiro atoms. The molecule has 0 bridgehead atoms. The molecule has 3 fully saturated rings. The highest BCUT2D eigenvalue weighted by molar-refractivity contribution is 14.0. The highest BCUT2D eigenvalue weighted by Crippen LogP contribution is 2.36. The summed E-state index contributed by atoms with van der Waals surface area (Å²) in [6.07, 6.45) is 11.3. The maximum atomic E-state index is 11.7. The SMILES string of the molecule is CCNC(=NCCC1CCCCC1)N1CCCC2(CNC(=O)C2)C1.I. The summed E-state index contributed by atoms with van der Waals surface area (Å²) in [4.78, 5) is 19.0. The van der Waals surface area contributed by atoms with Crippen molar-refractivity contribution in [3.63, 3.8) is 0 Å². The number of nitrogens with one attached hydrogen (secondary N) is 2. The molecule has 0 aromatic rings. The molecule has 0 aromatic carbocycles. The molecule has 1 amide bonds. The molecule has 1 saturated carbocycles. The number of amides is 1. The van der Waals surface area contributed by atoms with Crippen LogP contribution in [0.1, 0.15) is 64.7 Å². The quantitative estimate of drug-likeness (QED) is 0.384. The Labute approximate surface area is 169 Å². The number of nitrogens with zero attached hydrogens (tertiary/aromatic N) is 2. The maximum absolute atomic E-state index is 11.7. The molecule has 1 aliphatic carbocycles. The van der Waals surface area contributed by atoms with Gasteiger partial charge in [-0.25, -0.2) is 0 Å². The van der Waals surface area contributed by atoms with E-state index in [1.807, 2.05) is 0 Å². The Morgan fingerprint density at radius 1 is 1.32 bits per heavy atom. The number of aliphatic imine (C=N–C) groups is 1. The van der Waals surface area contributed by atoms with Crippen LogP contribution in [0.25, 0.3) is 0 Å². The minimum Gasteiger partial charge on any atom is -0.357 e. The Morgan fingerprint density at radius 2 is 2.12 bits per heavy atom. The van der Waals surface area contributed by atoms with Gasteiger partial charge in [0.05, 0.1) is 0 Å². The van der Waals surface area contributed by atoms with E-state index in [9.17, 15) is 4.79 Å². The van der Waals surface area contributed by atoms with E-state index < -0.39 is 0 Å². The van der Waals surface area contributed by atoms with Crippen LogP contribution >= 0.6 is 24.0 Å². The third kappa shape index (κ3) is 5.73. The summed E-state index contributed by atoms with van der Waals surface area (Å²) in [5.41, 5.74) is 0.134. The number of hydrogen-bond donors (Lipinski definition) is 2. The number of carbonyl (C=O) groups is 1. The van der Waals surface area contributed by atoms with E-state index in [1.165, 1.54) is 38.5 Å². The lowest BCUT2D eigenvalue weighted by Crippen LogP contribution is -2.51. The smallest absolute Gasteiger partial charge is 0.220 e. The fourth-order valence-corrected chi connectivity index (χ4v) is 4.68. The first-order valence-electron chi connectivity index (χ1n) is 10.0. The van der Waals surface area contributed by atoms with Gasteiger partial charge >= 0.3 is 0 Å². The molecule has 0 aromatic heterocycles. The third-order valence-corrected chi connectivity index (χ3v) is 6.02. The number of guanidine groups is 1. The van der Waals surface area contributed by atoms with E-state index in [0.717, 1.165) is 57.4 Å². The molecule has 3 rings (SSSR count). The van der Waals surface area contributed by atoms with Gasteiger partial charge in [-0.2, -0.15) is 0 Å². The second-order valence-corrected chi connectivity index (χ2v) is 8.01. The molecule has 2 saturated heterocycles. The van der Waals surface area contributed by atoms with Crippen molar-refractivity contribution < 1.29 is 4.79 Å². The molecule has 1 unspecified atom stereocenters. The molecule has 3 aliphatic rings. The molecule has 5 nitrogen and oxygen atoms in total. The summed E-state index contributed by atoms with van der Waals surface area (Å²) in [5, 5.41) is 6.51. The molecule has 2 N–H and O–H groups in total. The molecule has 1 atom stereocenters. The zero-order valence-electron chi connectivity index (χ0n) is 15.7. The number of piperidine rings is 1. The van der Waals surface area contributed by atoms with Crippen molar-refractivity contribution in [1.29, 1.82) is 0 Å². The van der Waals surface area contributed by atoms with Gasteiger partial charge in [-0.1, -0.05) is 32.1 Å². The molecule has 144 valence electrons. The summed E-state index contributed by atoms with van der Waals surface area (Å²) < 4.78 is 0. The van der Waals surface area contributed by atoms with Crippen molar-refractivity contribution in [2.45, 2.75) is 64.7 Å². The van der Waals surface area contributed by atoms with Gasteiger partial charge in [0.25, 0.3) is 0 Å². The van der Waals surface area contributed by atoms with Crippen LogP contribution in [0.15, 0.2) is 4.99 Å². The van der Waals surface area contributed by atoms with Crippen molar-refractivity contribution in [2.75, 3.05) is 32.7 Å². The second kappa shape index (κ2) is 9.97. The number of hydrogen-bond acceptors (Lipinski definition) is 2. The van der Waals surface area contributed by atoms with Crippen LogP contribution in [-0.4, -0.2) is 49.5 Å². The summed E-state index contributed by atoms with van der Waals surface area (Å²) in [6, 6.07) is 0. The highest BCUT2D eigenvalue weighted by atomic mass is 127. The van der Waals surface area contributed by atoms with Gasteiger partial charge in [-0.3, -0.25) is 9.79 Å². The Bertz CT molecular complexity index is 464. The van der Waals surface area contributed by atoms with Crippen LogP contribution < -0.4 is 10.6 Å². The lowest BCUT2D eigenvalue weighted by Gasteiger charge is -2.40. The van der Waals surface area contributed by atoms with Crippen LogP contribution in [-0.2, 0) is 4.79 Å². The van der Waals surface area contributed by atoms with Gasteiger partial charge in [-0.15, -0.1) is 24.0 Å². The van der Waals surface area contributed by atoms with E-state index in [0.29, 0.717) is 6.42 Å². The average molecular weight is 462 g/mol. The minimum atomic E-state index is 0. The minimum absolute atomic E-state index is 0. The first-order chi connectivity index (χ1) is 11.7. The van der Waals surface area contributed by atoms with E-state index in [4.69, 9.17) is 4.99 Å². The van der Waals surface area contributed by atoms with Crippen LogP contribution in [0.3, 0.4) is 0 Å². The summed E-state index contributed by atoms with van der Waals surface area (Å²) in [6.45, 7) is 6.84. The third-order valence-electron chi connectivity index (χ3n) is 6.02. The number of carbonyl (C=O) groups excluding carboxylic acids is 1. The van der Waals surface area contributed by atoms with Crippen molar-refractivity contribution in [1.82, 2.24) is 15.5 Å². The second-order valence-electron chi connectivity index (χ2n) is 8.01. The van der Waals surface area contributed by atoms with E-state index in [-0.39, 0.29) is 35.3 Å². The monoisotopic (exact) mass is 462 g/mol. The van der Waals surface area contributed by atoms with Gasteiger partial charge in [0, 0.05) is 44.6 Å². The molecule has 25 heavy (non-hydrogen) atoms. The van der Waals surface area contributed by atoms with Gasteiger partial charge < -0.3 is 15.5 Å². The van der Waals surface area contributed by atoms with Gasteiger partial charge in [0.15, 0.2) is 5.96 Å². The Balaban J connectivity index is 0.00000225. The van der Waals surface area contributed by atoms with Gasteiger partial charge in [0.1, 0.15) is 0 Å². The summed E-state index contributed by atoms with van der Waals surface area (Å²) in [7, 11) is 0. The number of likely N-dealkylation sites (tertiary alicyclic amines) is 1. The number of halogens is 1. The van der Waals surface area contributed by atoms with E-state index in [2.05, 4.69) is 22.5 Å². The normalized spacial score (nSPS) is 28.0. The first kappa shape index (κ1) is 20.8. The highest BCUT2D eigenvalue weighted by Gasteiger charge is 2.42. The zero-order valence-corrected chi connectivity index (χ0v) is 18.0. The Kier molecular flexibility index (Phi) is 8.29. The molecule has 2 heterocycles. The van der Waals surface area contributed by atoms with Crippen molar-refractivity contribution >= 4 is 35.8 Å². The van der Waals surface area contributed by atoms with Crippen molar-refractivity contribution in [3.05, 3.63) is 0 Å². The van der Waals surface area contributed by atoms with Crippen LogP contribution in [0.5, 0.6) is 0 Å². The molecular weight excluding hydrogens is 427 g/mol.